The number of anilines is 1. The lowest BCUT2D eigenvalue weighted by Crippen LogP contribution is -2.24. The number of rotatable bonds is 8. The van der Waals surface area contributed by atoms with Crippen LogP contribution < -0.4 is 10.6 Å². The number of carbonyl (C=O) groups is 1. The van der Waals surface area contributed by atoms with E-state index in [1.807, 2.05) is 49.4 Å². The summed E-state index contributed by atoms with van der Waals surface area (Å²) < 4.78 is 0. The number of hydrogen-bond donors (Lipinski definition) is 2. The van der Waals surface area contributed by atoms with Gasteiger partial charge in [0.05, 0.1) is 0 Å². The second-order valence-corrected chi connectivity index (χ2v) is 6.39. The molecule has 0 spiro atoms. The fourth-order valence-corrected chi connectivity index (χ4v) is 2.78. The number of nitrogens with one attached hydrogen (secondary N) is 2. The molecule has 0 unspecified atom stereocenters. The van der Waals surface area contributed by atoms with Crippen molar-refractivity contribution in [2.75, 3.05) is 11.9 Å². The maximum Gasteiger partial charge on any atom is 0.270 e. The van der Waals surface area contributed by atoms with Crippen molar-refractivity contribution in [1.82, 2.24) is 15.3 Å². The summed E-state index contributed by atoms with van der Waals surface area (Å²) in [7, 11) is 0. The highest BCUT2D eigenvalue weighted by atomic mass is 16.1. The Balaban J connectivity index is 1.49. The van der Waals surface area contributed by atoms with Crippen molar-refractivity contribution in [2.45, 2.75) is 26.3 Å². The van der Waals surface area contributed by atoms with E-state index in [0.717, 1.165) is 30.5 Å². The van der Waals surface area contributed by atoms with Crippen molar-refractivity contribution in [1.29, 1.82) is 0 Å². The minimum absolute atomic E-state index is 0.201. The van der Waals surface area contributed by atoms with E-state index in [-0.39, 0.29) is 5.91 Å². The van der Waals surface area contributed by atoms with Crippen molar-refractivity contribution >= 4 is 11.9 Å². The van der Waals surface area contributed by atoms with E-state index in [9.17, 15) is 4.79 Å². The van der Waals surface area contributed by atoms with Crippen LogP contribution in [0.5, 0.6) is 0 Å². The predicted octanol–water partition coefficient (Wildman–Crippen LogP) is 3.76. The first-order valence-electron chi connectivity index (χ1n) is 9.16. The molecule has 0 fully saturated rings. The highest BCUT2D eigenvalue weighted by Crippen LogP contribution is 2.08. The van der Waals surface area contributed by atoms with Crippen molar-refractivity contribution in [3.8, 4) is 0 Å². The van der Waals surface area contributed by atoms with E-state index in [1.165, 1.54) is 5.56 Å². The molecule has 0 atom stereocenters. The van der Waals surface area contributed by atoms with Crippen LogP contribution in [0.2, 0.25) is 0 Å². The first-order chi connectivity index (χ1) is 13.2. The molecule has 2 aromatic carbocycles. The Kier molecular flexibility index (Phi) is 6.52. The Hall–Kier alpha value is -3.21. The number of amides is 1. The molecule has 0 aliphatic heterocycles. The van der Waals surface area contributed by atoms with E-state index in [4.69, 9.17) is 0 Å². The molecule has 1 aromatic heterocycles. The number of hydrogen-bond acceptors (Lipinski definition) is 4. The minimum atomic E-state index is -0.201. The Morgan fingerprint density at radius 2 is 1.78 bits per heavy atom. The summed E-state index contributed by atoms with van der Waals surface area (Å²) in [5, 5.41) is 6.11. The lowest BCUT2D eigenvalue weighted by molar-refractivity contribution is 0.0946. The third kappa shape index (κ3) is 5.64. The average Bonchev–Trinajstić information content (AvgIpc) is 2.71. The van der Waals surface area contributed by atoms with Crippen molar-refractivity contribution in [2.24, 2.45) is 0 Å². The van der Waals surface area contributed by atoms with Gasteiger partial charge in [-0.1, -0.05) is 54.6 Å². The number of carbonyl (C=O) groups excluding carboxylic acids is 1. The zero-order valence-corrected chi connectivity index (χ0v) is 15.5. The van der Waals surface area contributed by atoms with Crippen LogP contribution in [0.4, 0.5) is 5.95 Å². The fraction of sp³-hybridized carbons (Fsp3) is 0.227. The average molecular weight is 360 g/mol. The molecular formula is C22H24N4O. The summed E-state index contributed by atoms with van der Waals surface area (Å²) in [4.78, 5) is 20.9. The van der Waals surface area contributed by atoms with Crippen molar-refractivity contribution < 1.29 is 4.79 Å². The van der Waals surface area contributed by atoms with Crippen LogP contribution in [0.3, 0.4) is 0 Å². The third-order valence-corrected chi connectivity index (χ3v) is 4.36. The van der Waals surface area contributed by atoms with Gasteiger partial charge in [0.2, 0.25) is 5.95 Å². The standard InChI is InChI=1S/C22H24N4O/c1-17-8-5-6-12-19(17)16-25-21(27)20-13-15-24-22(26-20)23-14-7-11-18-9-3-2-4-10-18/h2-6,8-10,12-13,15H,7,11,14,16H2,1H3,(H,25,27)(H,23,24,26). The largest absolute Gasteiger partial charge is 0.354 e. The number of aryl methyl sites for hydroxylation is 2. The highest BCUT2D eigenvalue weighted by Gasteiger charge is 2.09. The van der Waals surface area contributed by atoms with Crippen LogP contribution in [-0.2, 0) is 13.0 Å². The number of nitrogens with zero attached hydrogens (tertiary/aromatic N) is 2. The quantitative estimate of drug-likeness (QED) is 0.600. The van der Waals surface area contributed by atoms with Gasteiger partial charge in [-0.2, -0.15) is 0 Å². The third-order valence-electron chi connectivity index (χ3n) is 4.36. The molecular weight excluding hydrogens is 336 g/mol. The fourth-order valence-electron chi connectivity index (χ4n) is 2.78. The Morgan fingerprint density at radius 3 is 2.59 bits per heavy atom. The molecule has 138 valence electrons. The SMILES string of the molecule is Cc1ccccc1CNC(=O)c1ccnc(NCCCc2ccccc2)n1. The maximum absolute atomic E-state index is 12.4. The van der Waals surface area contributed by atoms with E-state index in [2.05, 4.69) is 32.7 Å². The zero-order chi connectivity index (χ0) is 18.9. The normalized spacial score (nSPS) is 10.4. The van der Waals surface area contributed by atoms with E-state index in [0.29, 0.717) is 18.2 Å². The summed E-state index contributed by atoms with van der Waals surface area (Å²) >= 11 is 0. The molecule has 3 aromatic rings. The Labute approximate surface area is 159 Å². The second-order valence-electron chi connectivity index (χ2n) is 6.39. The van der Waals surface area contributed by atoms with Crippen molar-refractivity contribution in [3.05, 3.63) is 89.2 Å². The summed E-state index contributed by atoms with van der Waals surface area (Å²) in [5.41, 5.74) is 3.93. The van der Waals surface area contributed by atoms with Gasteiger partial charge in [0.15, 0.2) is 0 Å². The van der Waals surface area contributed by atoms with E-state index < -0.39 is 0 Å². The van der Waals surface area contributed by atoms with Gasteiger partial charge < -0.3 is 10.6 Å². The van der Waals surface area contributed by atoms with Gasteiger partial charge in [0.25, 0.3) is 5.91 Å². The molecule has 5 nitrogen and oxygen atoms in total. The smallest absolute Gasteiger partial charge is 0.270 e. The summed E-state index contributed by atoms with van der Waals surface area (Å²) in [6.07, 6.45) is 3.57. The number of benzene rings is 2. The summed E-state index contributed by atoms with van der Waals surface area (Å²) in [5.74, 6) is 0.277. The van der Waals surface area contributed by atoms with Gasteiger partial charge in [-0.05, 0) is 42.5 Å². The Bertz CT molecular complexity index is 880. The monoisotopic (exact) mass is 360 g/mol. The predicted molar refractivity (Wildman–Crippen MR) is 108 cm³/mol. The molecule has 1 amide bonds. The lowest BCUT2D eigenvalue weighted by Gasteiger charge is -2.09. The zero-order valence-electron chi connectivity index (χ0n) is 15.5. The minimum Gasteiger partial charge on any atom is -0.354 e. The van der Waals surface area contributed by atoms with Crippen LogP contribution in [0.1, 0.15) is 33.6 Å². The first kappa shape index (κ1) is 18.6. The molecule has 0 aliphatic carbocycles. The van der Waals surface area contributed by atoms with Gasteiger partial charge in [0.1, 0.15) is 5.69 Å². The molecule has 1 heterocycles. The maximum atomic E-state index is 12.4. The van der Waals surface area contributed by atoms with Crippen LogP contribution in [0, 0.1) is 6.92 Å². The van der Waals surface area contributed by atoms with Crippen LogP contribution in [0.25, 0.3) is 0 Å². The molecule has 5 heteroatoms. The summed E-state index contributed by atoms with van der Waals surface area (Å²) in [6, 6.07) is 20.0. The van der Waals surface area contributed by atoms with Crippen LogP contribution in [-0.4, -0.2) is 22.4 Å². The van der Waals surface area contributed by atoms with Gasteiger partial charge in [-0.3, -0.25) is 4.79 Å². The topological polar surface area (TPSA) is 66.9 Å². The van der Waals surface area contributed by atoms with Crippen LogP contribution >= 0.6 is 0 Å². The molecule has 0 aliphatic rings. The number of aromatic nitrogens is 2. The molecule has 2 N–H and O–H groups in total. The van der Waals surface area contributed by atoms with E-state index >= 15 is 0 Å². The lowest BCUT2D eigenvalue weighted by atomic mass is 10.1. The molecule has 27 heavy (non-hydrogen) atoms. The Morgan fingerprint density at radius 1 is 1.00 bits per heavy atom. The molecule has 0 bridgehead atoms. The molecule has 0 saturated carbocycles. The van der Waals surface area contributed by atoms with E-state index in [1.54, 1.807) is 12.3 Å². The van der Waals surface area contributed by atoms with Gasteiger partial charge >= 0.3 is 0 Å². The van der Waals surface area contributed by atoms with Gasteiger partial charge in [0, 0.05) is 19.3 Å². The van der Waals surface area contributed by atoms with Gasteiger partial charge in [-0.15, -0.1) is 0 Å². The highest BCUT2D eigenvalue weighted by molar-refractivity contribution is 5.92. The molecule has 0 saturated heterocycles. The summed E-state index contributed by atoms with van der Waals surface area (Å²) in [6.45, 7) is 3.27. The molecule has 0 radical (unpaired) electrons. The van der Waals surface area contributed by atoms with Crippen LogP contribution in [0.15, 0.2) is 66.9 Å². The second kappa shape index (κ2) is 9.48. The van der Waals surface area contributed by atoms with Crippen molar-refractivity contribution in [3.63, 3.8) is 0 Å². The van der Waals surface area contributed by atoms with Gasteiger partial charge in [-0.25, -0.2) is 9.97 Å². The first-order valence-corrected chi connectivity index (χ1v) is 9.16. The molecule has 3 rings (SSSR count).